The topological polar surface area (TPSA) is 132 Å². The number of methoxy groups -OCH3 is 1. The Hall–Kier alpha value is -6.84. The lowest BCUT2D eigenvalue weighted by molar-refractivity contribution is -0.127. The molecule has 0 saturated heterocycles. The van der Waals surface area contributed by atoms with Crippen molar-refractivity contribution < 1.29 is 43.0 Å². The van der Waals surface area contributed by atoms with Crippen molar-refractivity contribution in [2.75, 3.05) is 7.11 Å². The van der Waals surface area contributed by atoms with E-state index in [2.05, 4.69) is 175 Å². The first-order chi connectivity index (χ1) is 57.9. The molecule has 8 nitrogen and oxygen atoms in total. The van der Waals surface area contributed by atoms with Gasteiger partial charge in [-0.3, -0.25) is 28.8 Å². The van der Waals surface area contributed by atoms with Crippen molar-refractivity contribution in [3.63, 3.8) is 0 Å². The van der Waals surface area contributed by atoms with Crippen LogP contribution in [0.15, 0.2) is 152 Å². The Morgan fingerprint density at radius 1 is 0.311 bits per heavy atom. The second-order valence-corrected chi connectivity index (χ2v) is 42.0. The summed E-state index contributed by atoms with van der Waals surface area (Å²) in [6.07, 6.45) is 24.5. The molecule has 122 heavy (non-hydrogen) atoms. The Morgan fingerprint density at radius 3 is 0.754 bits per heavy atom. The largest absolute Gasteiger partial charge is 0.508 e. The Bertz CT molecular complexity index is 3860. The van der Waals surface area contributed by atoms with Gasteiger partial charge in [0, 0.05) is 79.1 Å². The van der Waals surface area contributed by atoms with E-state index in [0.29, 0.717) is 186 Å². The summed E-state index contributed by atoms with van der Waals surface area (Å²) in [6.45, 7) is 45.1. The predicted octanol–water partition coefficient (Wildman–Crippen LogP) is 28.7. The maximum Gasteiger partial charge on any atom is 0.140 e. The first-order valence-electron chi connectivity index (χ1n) is 48.1. The van der Waals surface area contributed by atoms with Crippen molar-refractivity contribution in [1.82, 2.24) is 0 Å². The van der Waals surface area contributed by atoms with Gasteiger partial charge in [0.15, 0.2) is 0 Å². The highest BCUT2D eigenvalue weighted by Crippen LogP contribution is 2.45. The lowest BCUT2D eigenvalue weighted by Gasteiger charge is -2.36. The molecule has 0 amide bonds. The summed E-state index contributed by atoms with van der Waals surface area (Å²) >= 11 is 5.90. The SMILES string of the molecule is CC(C)[C@@H]1CC[C@@H](C)C[C@H]1C(=O)Cc1ccc(Cl)cc1.CC(C)[C@@H]1CC[C@@H](C)C[C@H]1C(=O)Cc1ccc(F)cc1.CC(C)[C@@H]1CC[C@@H](C)C[C@H]1C(=O)Cc1ccc(O)cc1.CC(C)[C@@H]1CC[C@@H](C)C[C@H]1C(=O)Cc1ccccc1.CC(C)c1ccc(CC(=O)[C@@H]2C[C@H](C)CC[C@H]2C(C)C)cc1.COc1ccc(CC(=O)[C@@H]2C[C@H](C)CC[C@H]2C(C)C)cc1. The van der Waals surface area contributed by atoms with Crippen molar-refractivity contribution in [2.45, 2.75) is 298 Å². The molecule has 0 radical (unpaired) electrons. The molecular formula is C112H162ClFO8. The zero-order valence-electron chi connectivity index (χ0n) is 79.4. The molecule has 0 aromatic heterocycles. The number of ether oxygens (including phenoxy) is 1. The first-order valence-corrected chi connectivity index (χ1v) is 48.4. The number of phenolic OH excluding ortho intramolecular Hbond substituents is 1. The van der Waals surface area contributed by atoms with Crippen molar-refractivity contribution in [3.8, 4) is 11.5 Å². The van der Waals surface area contributed by atoms with Crippen LogP contribution < -0.4 is 4.74 Å². The summed E-state index contributed by atoms with van der Waals surface area (Å²) in [4.78, 5) is 76.2. The minimum Gasteiger partial charge on any atom is -0.508 e. The number of carbonyl (C=O) groups is 6. The van der Waals surface area contributed by atoms with E-state index in [4.69, 9.17) is 16.3 Å². The standard InChI is InChI=1S/C21H32O.C19H28O2.C18H25ClO.C18H25FO.C18H26O2.C18H26O/c1-14(2)18-9-7-17(8-10-18)13-21(22)20-12-16(5)6-11-19(20)15(3)4;1-13(2)17-10-5-14(3)11-18(17)19(20)12-15-6-8-16(21-4)9-7-15;3*1-12(2)16-9-4-13(3)10-17(16)18(20)11-14-5-7-15(19)8-6-14;1-13(2)16-10-9-14(3)11-17(16)18(19)12-15-7-5-4-6-8-15/h7-10,14-16,19-20H,6,11-13H2,1-5H3;6-9,13-14,17-18H,5,10-12H2,1-4H3;2*5-8,12-13,16-17H,4,9-11H2,1-3H3;5-8,12-13,16-17,19H,4,9-11H2,1-3H3;4-8,13-14,16-17H,9-12H2,1-3H3/t16-,19+,20-;14-,17+,18-;3*13-,16+,17-;14-,16+,17-/m111111/s1. The Balaban J connectivity index is 0.000000202. The van der Waals surface area contributed by atoms with E-state index >= 15 is 0 Å². The molecule has 672 valence electrons. The van der Waals surface area contributed by atoms with E-state index < -0.39 is 0 Å². The van der Waals surface area contributed by atoms with Crippen LogP contribution in [0.5, 0.6) is 11.5 Å². The number of Topliss-reactive ketones (excluding diaryl/α,β-unsaturated/α-hetero) is 6. The molecule has 1 N–H and O–H groups in total. The van der Waals surface area contributed by atoms with Crippen molar-refractivity contribution in [2.24, 2.45) is 142 Å². The normalized spacial score (nSPS) is 26.5. The molecule has 10 heteroatoms. The molecule has 0 unspecified atom stereocenters. The van der Waals surface area contributed by atoms with Crippen LogP contribution in [0, 0.1) is 148 Å². The molecule has 6 saturated carbocycles. The van der Waals surface area contributed by atoms with E-state index in [1.165, 1.54) is 100 Å². The van der Waals surface area contributed by atoms with Gasteiger partial charge in [-0.2, -0.15) is 0 Å². The van der Waals surface area contributed by atoms with Gasteiger partial charge < -0.3 is 9.84 Å². The minimum atomic E-state index is -0.243. The monoisotopic (exact) mass is 1690 g/mol. The second-order valence-electron chi connectivity index (χ2n) is 41.6. The molecule has 6 aromatic rings. The molecule has 6 aliphatic carbocycles. The van der Waals surface area contributed by atoms with Crippen LogP contribution >= 0.6 is 11.6 Å². The van der Waals surface area contributed by atoms with E-state index in [1.54, 1.807) is 31.4 Å². The number of hydrogen-bond donors (Lipinski definition) is 1. The molecule has 6 aliphatic rings. The average molecular weight is 1690 g/mol. The van der Waals surface area contributed by atoms with Crippen molar-refractivity contribution >= 4 is 46.3 Å². The van der Waals surface area contributed by atoms with Crippen LogP contribution in [0.25, 0.3) is 0 Å². The lowest BCUT2D eigenvalue weighted by Crippen LogP contribution is -2.34. The zero-order valence-corrected chi connectivity index (χ0v) is 80.2. The highest BCUT2D eigenvalue weighted by molar-refractivity contribution is 6.30. The molecule has 12 rings (SSSR count). The van der Waals surface area contributed by atoms with Gasteiger partial charge in [-0.15, -0.1) is 0 Å². The third kappa shape index (κ3) is 33.2. The van der Waals surface area contributed by atoms with Crippen LogP contribution in [0.3, 0.4) is 0 Å². The number of phenols is 1. The molecule has 0 spiro atoms. The number of aromatic hydroxyl groups is 1. The Morgan fingerprint density at radius 2 is 0.525 bits per heavy atom. The molecular weight excluding hydrogens is 1530 g/mol. The van der Waals surface area contributed by atoms with Gasteiger partial charge in [-0.05, 0) is 277 Å². The summed E-state index contributed by atoms with van der Waals surface area (Å²) in [5.41, 5.74) is 7.80. The average Bonchev–Trinajstić information content (AvgIpc) is 0.852. The number of rotatable bonds is 26. The van der Waals surface area contributed by atoms with Crippen LogP contribution in [0.4, 0.5) is 4.39 Å². The molecule has 6 aromatic carbocycles. The van der Waals surface area contributed by atoms with Gasteiger partial charge in [-0.1, -0.05) is 292 Å². The first kappa shape index (κ1) is 102. The molecule has 6 fully saturated rings. The Kier molecular flexibility index (Phi) is 42.8. The quantitative estimate of drug-likeness (QED) is 0.0568. The third-order valence-electron chi connectivity index (χ3n) is 29.3. The summed E-state index contributed by atoms with van der Waals surface area (Å²) < 4.78 is 18.1. The van der Waals surface area contributed by atoms with Gasteiger partial charge in [0.2, 0.25) is 0 Å². The molecule has 0 aliphatic heterocycles. The Labute approximate surface area is 745 Å². The van der Waals surface area contributed by atoms with Crippen LogP contribution in [0.1, 0.15) is 299 Å². The smallest absolute Gasteiger partial charge is 0.140 e. The number of carbonyl (C=O) groups excluding carboxylic acids is 6. The van der Waals surface area contributed by atoms with Gasteiger partial charge in [0.1, 0.15) is 52.0 Å². The number of benzene rings is 6. The summed E-state index contributed by atoms with van der Waals surface area (Å²) in [7, 11) is 1.66. The van der Waals surface area contributed by atoms with E-state index in [9.17, 15) is 38.3 Å². The lowest BCUT2D eigenvalue weighted by atomic mass is 9.68. The summed E-state index contributed by atoms with van der Waals surface area (Å²) in [6, 6.07) is 47.7. The van der Waals surface area contributed by atoms with E-state index in [-0.39, 0.29) is 47.1 Å². The highest BCUT2D eigenvalue weighted by Gasteiger charge is 2.41. The molecule has 18 atom stereocenters. The van der Waals surface area contributed by atoms with Gasteiger partial charge in [-0.25, -0.2) is 4.39 Å². The fourth-order valence-corrected chi connectivity index (χ4v) is 21.7. The molecule has 0 heterocycles. The fourth-order valence-electron chi connectivity index (χ4n) is 21.6. The third-order valence-corrected chi connectivity index (χ3v) is 29.5. The zero-order chi connectivity index (χ0) is 89.6. The fraction of sp³-hybridized carbons (Fsp3) is 0.625. The summed E-state index contributed by atoms with van der Waals surface area (Å²) in [5, 5.41) is 10.0. The predicted molar refractivity (Wildman–Crippen MR) is 507 cm³/mol. The molecule has 0 bridgehead atoms. The maximum atomic E-state index is 12.9. The van der Waals surface area contributed by atoms with E-state index in [0.717, 1.165) is 77.1 Å². The van der Waals surface area contributed by atoms with Crippen molar-refractivity contribution in [1.29, 1.82) is 0 Å². The van der Waals surface area contributed by atoms with Gasteiger partial charge >= 0.3 is 0 Å². The van der Waals surface area contributed by atoms with Crippen LogP contribution in [-0.2, 0) is 67.3 Å². The number of hydrogen-bond acceptors (Lipinski definition) is 8. The number of ketones is 6. The number of halogens is 2. The summed E-state index contributed by atoms with van der Waals surface area (Å²) in [5.74, 6) is 16.3. The maximum absolute atomic E-state index is 12.9. The van der Waals surface area contributed by atoms with Gasteiger partial charge in [0.25, 0.3) is 0 Å². The van der Waals surface area contributed by atoms with Gasteiger partial charge in [0.05, 0.1) is 7.11 Å². The van der Waals surface area contributed by atoms with E-state index in [1.807, 2.05) is 78.9 Å². The second kappa shape index (κ2) is 51.1. The minimum absolute atomic E-state index is 0.184. The highest BCUT2D eigenvalue weighted by atomic mass is 35.5. The van der Waals surface area contributed by atoms with Crippen LogP contribution in [-0.4, -0.2) is 46.9 Å². The van der Waals surface area contributed by atoms with Crippen molar-refractivity contribution in [3.05, 3.63) is 201 Å². The van der Waals surface area contributed by atoms with Crippen LogP contribution in [0.2, 0.25) is 5.02 Å².